The average molecular weight is 458 g/mol. The van der Waals surface area contributed by atoms with Crippen molar-refractivity contribution in [1.29, 1.82) is 0 Å². The predicted molar refractivity (Wildman–Crippen MR) is 146 cm³/mol. The topological polar surface area (TPSA) is 0 Å². The van der Waals surface area contributed by atoms with Crippen molar-refractivity contribution in [3.63, 3.8) is 0 Å². The third-order valence-corrected chi connectivity index (χ3v) is 9.25. The summed E-state index contributed by atoms with van der Waals surface area (Å²) in [6.07, 6.45) is 37.5. The van der Waals surface area contributed by atoms with Crippen molar-refractivity contribution >= 4 is 18.5 Å². The summed E-state index contributed by atoms with van der Waals surface area (Å²) in [6.45, 7) is 4.53. The smallest absolute Gasteiger partial charge is 0.0654 e. The van der Waals surface area contributed by atoms with Gasteiger partial charge in [0.15, 0.2) is 18.5 Å². The lowest BCUT2D eigenvalue weighted by Crippen LogP contribution is -1.87. The molecular weight excluding hydrogens is 399 g/mol. The van der Waals surface area contributed by atoms with Crippen LogP contribution in [-0.4, -0.2) is 12.3 Å². The van der Waals surface area contributed by atoms with E-state index in [1.807, 2.05) is 0 Å². The minimum atomic E-state index is -0.0730. The molecule has 0 bridgehead atoms. The fourth-order valence-corrected chi connectivity index (χ4v) is 6.52. The average Bonchev–Trinajstić information content (AvgIpc) is 2.75. The maximum absolute atomic E-state index is 5.76. The molecule has 180 valence electrons. The Bertz CT molecular complexity index is 299. The van der Waals surface area contributed by atoms with Gasteiger partial charge in [0.05, 0.1) is 0 Å². The number of unbranched alkanes of at least 4 members (excludes halogenated alkanes) is 22. The van der Waals surface area contributed by atoms with Crippen molar-refractivity contribution in [2.24, 2.45) is 0 Å². The predicted octanol–water partition coefficient (Wildman–Crippen LogP) is 11.3. The van der Waals surface area contributed by atoms with Crippen LogP contribution in [0.4, 0.5) is 0 Å². The Hall–Kier alpha value is 0.520. The van der Waals surface area contributed by atoms with Crippen LogP contribution >= 0.6 is 6.70 Å². The Morgan fingerprint density at radius 3 is 0.767 bits per heavy atom. The van der Waals surface area contributed by atoms with Crippen molar-refractivity contribution in [2.45, 2.75) is 168 Å². The van der Waals surface area contributed by atoms with E-state index < -0.39 is 0 Å². The number of rotatable bonds is 26. The Kier molecular flexibility index (Phi) is 28.0. The van der Waals surface area contributed by atoms with E-state index in [9.17, 15) is 0 Å². The third-order valence-electron chi connectivity index (χ3n) is 6.52. The van der Waals surface area contributed by atoms with E-state index in [2.05, 4.69) is 13.8 Å². The molecule has 0 aromatic carbocycles. The summed E-state index contributed by atoms with van der Waals surface area (Å²) < 4.78 is 0. The first-order valence-electron chi connectivity index (χ1n) is 14.2. The second-order valence-electron chi connectivity index (χ2n) is 9.71. The summed E-state index contributed by atoms with van der Waals surface area (Å²) in [6, 6.07) is 0. The largest absolute Gasteiger partial charge is 0.175 e. The zero-order valence-electron chi connectivity index (χ0n) is 21.2. The second kappa shape index (κ2) is 27.6. The quantitative estimate of drug-likeness (QED) is 0.0919. The molecule has 30 heavy (non-hydrogen) atoms. The van der Waals surface area contributed by atoms with Crippen LogP contribution in [0.15, 0.2) is 0 Å². The molecule has 0 heterocycles. The fourth-order valence-electron chi connectivity index (χ4n) is 4.37. The summed E-state index contributed by atoms with van der Waals surface area (Å²) in [5.41, 5.74) is 0. The number of hydrogen-bond donors (Lipinski definition) is 0. The van der Waals surface area contributed by atoms with Crippen LogP contribution in [0.25, 0.3) is 0 Å². The molecular formula is C28H58PS+. The Labute approximate surface area is 198 Å². The van der Waals surface area contributed by atoms with E-state index in [4.69, 9.17) is 11.8 Å². The summed E-state index contributed by atoms with van der Waals surface area (Å²) >= 11 is 5.76. The summed E-state index contributed by atoms with van der Waals surface area (Å²) in [4.78, 5) is 0. The van der Waals surface area contributed by atoms with Gasteiger partial charge in [0, 0.05) is 0 Å². The highest BCUT2D eigenvalue weighted by Crippen LogP contribution is 2.26. The second-order valence-corrected chi connectivity index (χ2v) is 13.1. The maximum atomic E-state index is 5.76. The molecule has 0 aromatic rings. The van der Waals surface area contributed by atoms with Crippen LogP contribution < -0.4 is 0 Å². The molecule has 0 aromatic heterocycles. The highest BCUT2D eigenvalue weighted by molar-refractivity contribution is 8.05. The van der Waals surface area contributed by atoms with Gasteiger partial charge in [-0.05, 0) is 25.7 Å². The van der Waals surface area contributed by atoms with Gasteiger partial charge in [-0.3, -0.25) is 0 Å². The highest BCUT2D eigenvalue weighted by Gasteiger charge is 2.08. The molecule has 0 saturated heterocycles. The molecule has 0 nitrogen and oxygen atoms in total. The number of hydrogen-bond acceptors (Lipinski definition) is 1. The summed E-state index contributed by atoms with van der Waals surface area (Å²) in [7, 11) is 0. The van der Waals surface area contributed by atoms with Crippen molar-refractivity contribution < 1.29 is 0 Å². The Morgan fingerprint density at radius 1 is 0.333 bits per heavy atom. The van der Waals surface area contributed by atoms with Gasteiger partial charge in [-0.1, -0.05) is 142 Å². The third kappa shape index (κ3) is 26.6. The summed E-state index contributed by atoms with van der Waals surface area (Å²) in [5, 5.41) is 0. The molecule has 0 aliphatic carbocycles. The van der Waals surface area contributed by atoms with E-state index in [-0.39, 0.29) is 6.70 Å². The molecule has 0 atom stereocenters. The van der Waals surface area contributed by atoms with Crippen LogP contribution in [0.3, 0.4) is 0 Å². The maximum Gasteiger partial charge on any atom is 0.175 e. The molecule has 0 rings (SSSR count). The molecule has 0 spiro atoms. The van der Waals surface area contributed by atoms with E-state index >= 15 is 0 Å². The minimum absolute atomic E-state index is 0.0730. The van der Waals surface area contributed by atoms with Gasteiger partial charge < -0.3 is 0 Å². The van der Waals surface area contributed by atoms with Gasteiger partial charge in [0.25, 0.3) is 0 Å². The van der Waals surface area contributed by atoms with Gasteiger partial charge in [0.2, 0.25) is 0 Å². The van der Waals surface area contributed by atoms with E-state index in [1.54, 1.807) is 0 Å². The standard InChI is InChI=1S/C28H58PS/c1-3-5-7-9-11-13-15-17-19-21-23-25-27-29(30)28-26-24-22-20-18-16-14-12-10-8-6-4-2/h3-28H2,1-2H3/q+1. The lowest BCUT2D eigenvalue weighted by molar-refractivity contribution is 0.547. The molecule has 0 N–H and O–H groups in total. The SMILES string of the molecule is CCCCCCCCCCCCCC[P+](=S)CCCCCCCCCCCCCC. The lowest BCUT2D eigenvalue weighted by Gasteiger charge is -2.02. The minimum Gasteiger partial charge on any atom is -0.0654 e. The van der Waals surface area contributed by atoms with Gasteiger partial charge in [-0.15, -0.1) is 0 Å². The zero-order chi connectivity index (χ0) is 22.0. The molecule has 0 aliphatic rings. The van der Waals surface area contributed by atoms with Crippen molar-refractivity contribution in [3.05, 3.63) is 0 Å². The van der Waals surface area contributed by atoms with Gasteiger partial charge in [0.1, 0.15) is 12.3 Å². The van der Waals surface area contributed by atoms with Crippen LogP contribution in [0.5, 0.6) is 0 Å². The van der Waals surface area contributed by atoms with Crippen molar-refractivity contribution in [3.8, 4) is 0 Å². The molecule has 0 amide bonds. The first-order chi connectivity index (χ1) is 14.8. The highest BCUT2D eigenvalue weighted by atomic mass is 32.4. The van der Waals surface area contributed by atoms with E-state index in [1.165, 1.54) is 166 Å². The van der Waals surface area contributed by atoms with E-state index in [0.29, 0.717) is 0 Å². The van der Waals surface area contributed by atoms with Crippen LogP contribution in [0, 0.1) is 0 Å². The molecule has 0 fully saturated rings. The monoisotopic (exact) mass is 457 g/mol. The zero-order valence-corrected chi connectivity index (χ0v) is 23.0. The Morgan fingerprint density at radius 2 is 0.533 bits per heavy atom. The fraction of sp³-hybridized carbons (Fsp3) is 1.00. The molecule has 0 unspecified atom stereocenters. The van der Waals surface area contributed by atoms with Gasteiger partial charge in [-0.25, -0.2) is 0 Å². The molecule has 2 heteroatoms. The Balaban J connectivity index is 3.14. The van der Waals surface area contributed by atoms with Gasteiger partial charge >= 0.3 is 0 Å². The van der Waals surface area contributed by atoms with E-state index in [0.717, 1.165) is 0 Å². The first kappa shape index (κ1) is 30.5. The first-order valence-corrected chi connectivity index (χ1v) is 17.0. The van der Waals surface area contributed by atoms with Crippen molar-refractivity contribution in [2.75, 3.05) is 12.3 Å². The molecule has 0 aliphatic heterocycles. The van der Waals surface area contributed by atoms with Crippen LogP contribution in [-0.2, 0) is 11.8 Å². The lowest BCUT2D eigenvalue weighted by atomic mass is 10.1. The summed E-state index contributed by atoms with van der Waals surface area (Å²) in [5.74, 6) is 0. The van der Waals surface area contributed by atoms with Crippen LogP contribution in [0.2, 0.25) is 0 Å². The normalized spacial score (nSPS) is 11.3. The van der Waals surface area contributed by atoms with Crippen LogP contribution in [0.1, 0.15) is 168 Å². The van der Waals surface area contributed by atoms with Gasteiger partial charge in [-0.2, -0.15) is 0 Å². The molecule has 0 saturated carbocycles. The van der Waals surface area contributed by atoms with Crippen molar-refractivity contribution in [1.82, 2.24) is 0 Å². The molecule has 0 radical (unpaired) electrons.